The summed E-state index contributed by atoms with van der Waals surface area (Å²) < 4.78 is 11.1. The van der Waals surface area contributed by atoms with E-state index < -0.39 is 0 Å². The van der Waals surface area contributed by atoms with Gasteiger partial charge in [0.25, 0.3) is 0 Å². The standard InChI is InChI=1S/C17H33N3O2S/c1-18-17(20-15-5-3-6-16(11-15)23-2)19-8-4-9-21-12-14-7-10-22-13-14/h14-16H,3-13H2,1-2H3,(H2,18,19,20). The molecule has 1 heterocycles. The third kappa shape index (κ3) is 7.31. The van der Waals surface area contributed by atoms with Gasteiger partial charge in [-0.3, -0.25) is 4.99 Å². The zero-order valence-corrected chi connectivity index (χ0v) is 15.5. The van der Waals surface area contributed by atoms with E-state index in [9.17, 15) is 0 Å². The van der Waals surface area contributed by atoms with Crippen molar-refractivity contribution in [3.63, 3.8) is 0 Å². The zero-order valence-electron chi connectivity index (χ0n) is 14.7. The fourth-order valence-electron chi connectivity index (χ4n) is 3.22. The second kappa shape index (κ2) is 11.2. The molecule has 2 fully saturated rings. The Balaban J connectivity index is 1.52. The van der Waals surface area contributed by atoms with Crippen molar-refractivity contribution in [2.45, 2.75) is 49.8 Å². The molecular formula is C17H33N3O2S. The summed E-state index contributed by atoms with van der Waals surface area (Å²) in [5.74, 6) is 1.54. The highest BCUT2D eigenvalue weighted by Crippen LogP contribution is 2.26. The molecule has 0 aromatic heterocycles. The molecule has 6 heteroatoms. The van der Waals surface area contributed by atoms with Crippen molar-refractivity contribution in [2.24, 2.45) is 10.9 Å². The number of rotatable bonds is 8. The van der Waals surface area contributed by atoms with Gasteiger partial charge in [-0.15, -0.1) is 0 Å². The second-order valence-corrected chi connectivity index (χ2v) is 7.66. The zero-order chi connectivity index (χ0) is 16.3. The molecule has 0 aromatic rings. The molecule has 3 unspecified atom stereocenters. The van der Waals surface area contributed by atoms with Crippen LogP contribution >= 0.6 is 11.8 Å². The smallest absolute Gasteiger partial charge is 0.191 e. The molecule has 5 nitrogen and oxygen atoms in total. The number of ether oxygens (including phenoxy) is 2. The molecule has 2 aliphatic rings. The summed E-state index contributed by atoms with van der Waals surface area (Å²) in [5, 5.41) is 7.78. The lowest BCUT2D eigenvalue weighted by molar-refractivity contribution is 0.0888. The van der Waals surface area contributed by atoms with E-state index in [-0.39, 0.29) is 0 Å². The van der Waals surface area contributed by atoms with Crippen LogP contribution in [0.3, 0.4) is 0 Å². The van der Waals surface area contributed by atoms with Crippen LogP contribution in [-0.2, 0) is 9.47 Å². The molecule has 0 radical (unpaired) electrons. The molecule has 23 heavy (non-hydrogen) atoms. The average molecular weight is 344 g/mol. The Bertz CT molecular complexity index is 349. The van der Waals surface area contributed by atoms with E-state index in [1.54, 1.807) is 0 Å². The molecule has 1 saturated carbocycles. The third-order valence-electron chi connectivity index (χ3n) is 4.66. The maximum absolute atomic E-state index is 5.73. The molecule has 1 aliphatic heterocycles. The van der Waals surface area contributed by atoms with Crippen molar-refractivity contribution >= 4 is 17.7 Å². The largest absolute Gasteiger partial charge is 0.381 e. The van der Waals surface area contributed by atoms with Crippen LogP contribution in [0.4, 0.5) is 0 Å². The molecule has 0 spiro atoms. The Morgan fingerprint density at radius 3 is 3.00 bits per heavy atom. The second-order valence-electron chi connectivity index (χ2n) is 6.52. The highest BCUT2D eigenvalue weighted by molar-refractivity contribution is 7.99. The van der Waals surface area contributed by atoms with E-state index in [0.29, 0.717) is 12.0 Å². The predicted octanol–water partition coefficient (Wildman–Crippen LogP) is 2.27. The first-order valence-electron chi connectivity index (χ1n) is 8.97. The summed E-state index contributed by atoms with van der Waals surface area (Å²) >= 11 is 2.00. The van der Waals surface area contributed by atoms with Gasteiger partial charge in [0, 0.05) is 44.0 Å². The minimum absolute atomic E-state index is 0.561. The average Bonchev–Trinajstić information content (AvgIpc) is 3.10. The first-order chi connectivity index (χ1) is 11.3. The van der Waals surface area contributed by atoms with Gasteiger partial charge >= 0.3 is 0 Å². The topological polar surface area (TPSA) is 54.9 Å². The van der Waals surface area contributed by atoms with Gasteiger partial charge in [-0.25, -0.2) is 0 Å². The van der Waals surface area contributed by atoms with Crippen LogP contribution < -0.4 is 10.6 Å². The van der Waals surface area contributed by atoms with E-state index in [0.717, 1.165) is 57.0 Å². The van der Waals surface area contributed by atoms with E-state index >= 15 is 0 Å². The van der Waals surface area contributed by atoms with Crippen molar-refractivity contribution < 1.29 is 9.47 Å². The summed E-state index contributed by atoms with van der Waals surface area (Å²) in [5.41, 5.74) is 0. The van der Waals surface area contributed by atoms with Gasteiger partial charge in [-0.2, -0.15) is 11.8 Å². The van der Waals surface area contributed by atoms with E-state index in [4.69, 9.17) is 9.47 Å². The van der Waals surface area contributed by atoms with Crippen LogP contribution in [0.1, 0.15) is 38.5 Å². The molecule has 0 amide bonds. The number of nitrogens with zero attached hydrogens (tertiary/aromatic N) is 1. The molecule has 1 saturated heterocycles. The van der Waals surface area contributed by atoms with Crippen LogP contribution in [0.25, 0.3) is 0 Å². The van der Waals surface area contributed by atoms with Crippen molar-refractivity contribution in [1.29, 1.82) is 0 Å². The Morgan fingerprint density at radius 2 is 2.26 bits per heavy atom. The summed E-state index contributed by atoms with van der Waals surface area (Å²) in [7, 11) is 1.85. The Hall–Kier alpha value is -0.460. The van der Waals surface area contributed by atoms with Gasteiger partial charge in [0.15, 0.2) is 5.96 Å². The van der Waals surface area contributed by atoms with Gasteiger partial charge in [0.2, 0.25) is 0 Å². The minimum Gasteiger partial charge on any atom is -0.381 e. The monoisotopic (exact) mass is 343 g/mol. The summed E-state index contributed by atoms with van der Waals surface area (Å²) in [6.07, 6.45) is 9.55. The molecule has 1 aliphatic carbocycles. The lowest BCUT2D eigenvalue weighted by Crippen LogP contribution is -2.46. The normalized spacial score (nSPS) is 28.8. The molecule has 2 N–H and O–H groups in total. The SMILES string of the molecule is CN=C(NCCCOCC1CCOC1)NC1CCCC(SC)C1. The number of thioether (sulfide) groups is 1. The van der Waals surface area contributed by atoms with Gasteiger partial charge in [0.1, 0.15) is 0 Å². The first kappa shape index (κ1) is 18.9. The molecule has 3 atom stereocenters. The van der Waals surface area contributed by atoms with E-state index in [2.05, 4.69) is 21.9 Å². The molecule has 134 valence electrons. The lowest BCUT2D eigenvalue weighted by atomic mass is 9.95. The van der Waals surface area contributed by atoms with Crippen molar-refractivity contribution in [2.75, 3.05) is 46.3 Å². The number of aliphatic imine (C=N–C) groups is 1. The van der Waals surface area contributed by atoms with E-state index in [1.165, 1.54) is 25.7 Å². The quantitative estimate of drug-likeness (QED) is 0.402. The maximum atomic E-state index is 5.73. The number of guanidine groups is 1. The Kier molecular flexibility index (Phi) is 9.15. The van der Waals surface area contributed by atoms with Crippen LogP contribution in [0.15, 0.2) is 4.99 Å². The van der Waals surface area contributed by atoms with Crippen LogP contribution in [0.2, 0.25) is 0 Å². The molecular weight excluding hydrogens is 310 g/mol. The summed E-state index contributed by atoms with van der Waals surface area (Å²) in [6, 6.07) is 0.561. The van der Waals surface area contributed by atoms with Crippen molar-refractivity contribution in [3.05, 3.63) is 0 Å². The van der Waals surface area contributed by atoms with Gasteiger partial charge < -0.3 is 20.1 Å². The van der Waals surface area contributed by atoms with Gasteiger partial charge in [-0.1, -0.05) is 6.42 Å². The van der Waals surface area contributed by atoms with Crippen molar-refractivity contribution in [1.82, 2.24) is 10.6 Å². The fraction of sp³-hybridized carbons (Fsp3) is 0.941. The third-order valence-corrected chi connectivity index (χ3v) is 5.75. The highest BCUT2D eigenvalue weighted by Gasteiger charge is 2.21. The fourth-order valence-corrected chi connectivity index (χ4v) is 4.05. The van der Waals surface area contributed by atoms with Crippen LogP contribution in [-0.4, -0.2) is 63.5 Å². The minimum atomic E-state index is 0.561. The Labute approximate surface area is 145 Å². The number of nitrogens with one attached hydrogen (secondary N) is 2. The van der Waals surface area contributed by atoms with Crippen LogP contribution in [0.5, 0.6) is 0 Å². The molecule has 2 rings (SSSR count). The summed E-state index contributed by atoms with van der Waals surface area (Å²) in [6.45, 7) is 4.31. The van der Waals surface area contributed by atoms with Gasteiger partial charge in [0.05, 0.1) is 13.2 Å². The highest BCUT2D eigenvalue weighted by atomic mass is 32.2. The van der Waals surface area contributed by atoms with Crippen LogP contribution in [0, 0.1) is 5.92 Å². The summed E-state index contributed by atoms with van der Waals surface area (Å²) in [4.78, 5) is 4.34. The molecule has 0 aromatic carbocycles. The first-order valence-corrected chi connectivity index (χ1v) is 10.3. The van der Waals surface area contributed by atoms with E-state index in [1.807, 2.05) is 18.8 Å². The van der Waals surface area contributed by atoms with Gasteiger partial charge in [-0.05, 0) is 38.4 Å². The Morgan fingerprint density at radius 1 is 1.35 bits per heavy atom. The van der Waals surface area contributed by atoms with Crippen molar-refractivity contribution in [3.8, 4) is 0 Å². The number of hydrogen-bond donors (Lipinski definition) is 2. The number of hydrogen-bond acceptors (Lipinski definition) is 4. The lowest BCUT2D eigenvalue weighted by Gasteiger charge is -2.29. The molecule has 0 bridgehead atoms. The maximum Gasteiger partial charge on any atom is 0.191 e. The predicted molar refractivity (Wildman–Crippen MR) is 98.4 cm³/mol.